The second kappa shape index (κ2) is 3.96. The molecule has 0 aliphatic carbocycles. The van der Waals surface area contributed by atoms with Crippen LogP contribution in [0.4, 0.5) is 0 Å². The highest BCUT2D eigenvalue weighted by atomic mass is 16.5. The molecule has 3 heterocycles. The summed E-state index contributed by atoms with van der Waals surface area (Å²) in [5.74, 6) is 0.260. The number of fused-ring (bicyclic) bond motifs is 1. The average Bonchev–Trinajstić information content (AvgIpc) is 2.94. The molecule has 1 aliphatic heterocycles. The van der Waals surface area contributed by atoms with E-state index >= 15 is 0 Å². The molecule has 0 radical (unpaired) electrons. The highest BCUT2D eigenvalue weighted by Gasteiger charge is 2.24. The third-order valence-electron chi connectivity index (χ3n) is 3.28. The first-order valence-corrected chi connectivity index (χ1v) is 5.81. The number of rotatable bonds is 2. The van der Waals surface area contributed by atoms with Gasteiger partial charge in [0.25, 0.3) is 0 Å². The molecule has 2 aromatic rings. The molecule has 1 atom stereocenters. The van der Waals surface area contributed by atoms with Gasteiger partial charge < -0.3 is 4.74 Å². The predicted octanol–water partition coefficient (Wildman–Crippen LogP) is 1.96. The zero-order valence-electron chi connectivity index (χ0n) is 9.72. The molecule has 2 aromatic heterocycles. The maximum atomic E-state index is 11.2. The summed E-state index contributed by atoms with van der Waals surface area (Å²) >= 11 is 0. The van der Waals surface area contributed by atoms with Crippen LogP contribution in [0.5, 0.6) is 0 Å². The molecule has 0 aromatic carbocycles. The number of aromatic nitrogens is 2. The number of aryl methyl sites for hydroxylation is 1. The van der Waals surface area contributed by atoms with Gasteiger partial charge >= 0.3 is 0 Å². The van der Waals surface area contributed by atoms with Crippen LogP contribution in [0.25, 0.3) is 5.65 Å². The van der Waals surface area contributed by atoms with Crippen molar-refractivity contribution in [3.8, 4) is 0 Å². The van der Waals surface area contributed by atoms with Crippen molar-refractivity contribution in [1.29, 1.82) is 0 Å². The molecule has 3 rings (SSSR count). The van der Waals surface area contributed by atoms with Crippen molar-refractivity contribution in [2.45, 2.75) is 19.3 Å². The number of aldehydes is 1. The largest absolute Gasteiger partial charge is 0.381 e. The Kier molecular flexibility index (Phi) is 2.44. The average molecular weight is 230 g/mol. The van der Waals surface area contributed by atoms with Gasteiger partial charge in [-0.25, -0.2) is 4.98 Å². The van der Waals surface area contributed by atoms with E-state index in [4.69, 9.17) is 4.74 Å². The van der Waals surface area contributed by atoms with Gasteiger partial charge in [0.1, 0.15) is 11.3 Å². The van der Waals surface area contributed by atoms with Crippen molar-refractivity contribution in [3.05, 3.63) is 35.3 Å². The van der Waals surface area contributed by atoms with Crippen LogP contribution in [-0.2, 0) is 4.74 Å². The molecule has 88 valence electrons. The Bertz CT molecular complexity index is 568. The summed E-state index contributed by atoms with van der Waals surface area (Å²) in [5, 5.41) is 0. The maximum absolute atomic E-state index is 11.2. The van der Waals surface area contributed by atoms with Gasteiger partial charge in [0.2, 0.25) is 0 Å². The molecule has 0 saturated carbocycles. The molecular weight excluding hydrogens is 216 g/mol. The summed E-state index contributed by atoms with van der Waals surface area (Å²) in [6, 6.07) is 3.98. The molecule has 1 aliphatic rings. The summed E-state index contributed by atoms with van der Waals surface area (Å²) in [4.78, 5) is 15.8. The lowest BCUT2D eigenvalue weighted by molar-refractivity contribution is 0.111. The zero-order valence-corrected chi connectivity index (χ0v) is 9.72. The van der Waals surface area contributed by atoms with E-state index in [9.17, 15) is 4.79 Å². The zero-order chi connectivity index (χ0) is 11.8. The van der Waals surface area contributed by atoms with Crippen LogP contribution in [0.15, 0.2) is 18.3 Å². The molecule has 0 bridgehead atoms. The van der Waals surface area contributed by atoms with Crippen molar-refractivity contribution in [2.75, 3.05) is 13.2 Å². The van der Waals surface area contributed by atoms with Crippen molar-refractivity contribution >= 4 is 11.9 Å². The smallest absolute Gasteiger partial charge is 0.168 e. The van der Waals surface area contributed by atoms with E-state index < -0.39 is 0 Å². The summed E-state index contributed by atoms with van der Waals surface area (Å²) < 4.78 is 7.22. The van der Waals surface area contributed by atoms with Crippen LogP contribution in [0.1, 0.15) is 34.1 Å². The normalized spacial score (nSPS) is 19.9. The van der Waals surface area contributed by atoms with E-state index in [1.807, 2.05) is 29.7 Å². The number of imidazole rings is 1. The Balaban J connectivity index is 2.19. The topological polar surface area (TPSA) is 43.6 Å². The molecule has 4 nitrogen and oxygen atoms in total. The Labute approximate surface area is 99.2 Å². The van der Waals surface area contributed by atoms with Crippen LogP contribution >= 0.6 is 0 Å². The van der Waals surface area contributed by atoms with Crippen LogP contribution < -0.4 is 0 Å². The number of pyridine rings is 1. The number of carbonyl (C=O) groups is 1. The molecule has 0 spiro atoms. The van der Waals surface area contributed by atoms with E-state index in [0.29, 0.717) is 12.3 Å². The summed E-state index contributed by atoms with van der Waals surface area (Å²) in [6.07, 6.45) is 3.74. The summed E-state index contributed by atoms with van der Waals surface area (Å²) in [7, 11) is 0. The van der Waals surface area contributed by atoms with Crippen LogP contribution in [0.2, 0.25) is 0 Å². The van der Waals surface area contributed by atoms with Gasteiger partial charge in [0.05, 0.1) is 12.3 Å². The first-order valence-electron chi connectivity index (χ1n) is 5.81. The fourth-order valence-electron chi connectivity index (χ4n) is 2.35. The minimum atomic E-state index is 0.260. The lowest BCUT2D eigenvalue weighted by atomic mass is 10.0. The predicted molar refractivity (Wildman–Crippen MR) is 63.5 cm³/mol. The van der Waals surface area contributed by atoms with E-state index in [0.717, 1.165) is 36.2 Å². The third-order valence-corrected chi connectivity index (χ3v) is 3.28. The number of carbonyl (C=O) groups excluding carboxylic acids is 1. The molecule has 1 unspecified atom stereocenters. The van der Waals surface area contributed by atoms with Gasteiger partial charge in [-0.3, -0.25) is 9.20 Å². The Morgan fingerprint density at radius 1 is 1.59 bits per heavy atom. The first-order chi connectivity index (χ1) is 8.29. The molecule has 0 amide bonds. The van der Waals surface area contributed by atoms with Crippen molar-refractivity contribution in [1.82, 2.24) is 9.38 Å². The van der Waals surface area contributed by atoms with Crippen molar-refractivity contribution in [3.63, 3.8) is 0 Å². The fourth-order valence-corrected chi connectivity index (χ4v) is 2.35. The van der Waals surface area contributed by atoms with E-state index in [1.54, 1.807) is 0 Å². The second-order valence-electron chi connectivity index (χ2n) is 4.49. The van der Waals surface area contributed by atoms with Gasteiger partial charge in [0.15, 0.2) is 6.29 Å². The second-order valence-corrected chi connectivity index (χ2v) is 4.49. The van der Waals surface area contributed by atoms with Crippen LogP contribution in [-0.4, -0.2) is 28.9 Å². The van der Waals surface area contributed by atoms with Crippen molar-refractivity contribution < 1.29 is 9.53 Å². The highest BCUT2D eigenvalue weighted by molar-refractivity contribution is 5.77. The van der Waals surface area contributed by atoms with Crippen LogP contribution in [0.3, 0.4) is 0 Å². The summed E-state index contributed by atoms with van der Waals surface area (Å²) in [6.45, 7) is 3.45. The molecule has 1 fully saturated rings. The number of hydrogen-bond acceptors (Lipinski definition) is 3. The van der Waals surface area contributed by atoms with Gasteiger partial charge in [-0.2, -0.15) is 0 Å². The molecule has 0 N–H and O–H groups in total. The Morgan fingerprint density at radius 3 is 3.18 bits per heavy atom. The third kappa shape index (κ3) is 1.65. The minimum Gasteiger partial charge on any atom is -0.381 e. The number of ether oxygens (including phenoxy) is 1. The van der Waals surface area contributed by atoms with Gasteiger partial charge in [-0.1, -0.05) is 0 Å². The minimum absolute atomic E-state index is 0.260. The lowest BCUT2D eigenvalue weighted by Gasteiger charge is -2.03. The van der Waals surface area contributed by atoms with Gasteiger partial charge in [0, 0.05) is 18.7 Å². The SMILES string of the molecule is Cc1ccn2c(C=O)c(C3CCOC3)nc2c1. The lowest BCUT2D eigenvalue weighted by Crippen LogP contribution is -2.02. The Hall–Kier alpha value is -1.68. The van der Waals surface area contributed by atoms with Crippen LogP contribution in [0, 0.1) is 6.92 Å². The van der Waals surface area contributed by atoms with Gasteiger partial charge in [-0.15, -0.1) is 0 Å². The number of nitrogens with zero attached hydrogens (tertiary/aromatic N) is 2. The standard InChI is InChI=1S/C13H14N2O2/c1-9-2-4-15-11(7-16)13(14-12(15)6-9)10-3-5-17-8-10/h2,4,6-7,10H,3,5,8H2,1H3. The van der Waals surface area contributed by atoms with E-state index in [2.05, 4.69) is 4.98 Å². The molecular formula is C13H14N2O2. The first kappa shape index (κ1) is 10.5. The fraction of sp³-hybridized carbons (Fsp3) is 0.385. The quantitative estimate of drug-likeness (QED) is 0.741. The maximum Gasteiger partial charge on any atom is 0.168 e. The van der Waals surface area contributed by atoms with Gasteiger partial charge in [-0.05, 0) is 31.0 Å². The van der Waals surface area contributed by atoms with Crippen molar-refractivity contribution in [2.24, 2.45) is 0 Å². The molecule has 4 heteroatoms. The van der Waals surface area contributed by atoms with E-state index in [-0.39, 0.29) is 5.92 Å². The Morgan fingerprint density at radius 2 is 2.47 bits per heavy atom. The molecule has 17 heavy (non-hydrogen) atoms. The number of hydrogen-bond donors (Lipinski definition) is 0. The van der Waals surface area contributed by atoms with E-state index in [1.165, 1.54) is 0 Å². The summed E-state index contributed by atoms with van der Waals surface area (Å²) in [5.41, 5.74) is 3.53. The molecule has 1 saturated heterocycles. The monoisotopic (exact) mass is 230 g/mol. The highest BCUT2D eigenvalue weighted by Crippen LogP contribution is 2.27.